The first-order valence-electron chi connectivity index (χ1n) is 8.03. The Balaban J connectivity index is 1.87. The summed E-state index contributed by atoms with van der Waals surface area (Å²) in [4.78, 5) is 16.2. The highest BCUT2D eigenvalue weighted by atomic mass is 35.5. The van der Waals surface area contributed by atoms with Crippen LogP contribution in [0.3, 0.4) is 0 Å². The van der Waals surface area contributed by atoms with Crippen LogP contribution in [0.5, 0.6) is 10.8 Å². The van der Waals surface area contributed by atoms with Gasteiger partial charge in [0.1, 0.15) is 12.4 Å². The van der Waals surface area contributed by atoms with Crippen molar-refractivity contribution in [2.45, 2.75) is 6.92 Å². The number of nitrogens with zero attached hydrogens (tertiary/aromatic N) is 3. The molecule has 3 rings (SSSR count). The predicted octanol–water partition coefficient (Wildman–Crippen LogP) is 3.45. The molecule has 0 fully saturated rings. The SMILES string of the molecule is Cc1ncsc1OC(=O)Nc1ccc(OCCN)c(-c2c(Cl)cnn2C)c1. The highest BCUT2D eigenvalue weighted by molar-refractivity contribution is 7.11. The van der Waals surface area contributed by atoms with Crippen LogP contribution in [0, 0.1) is 6.92 Å². The summed E-state index contributed by atoms with van der Waals surface area (Å²) in [6.07, 6.45) is 0.935. The van der Waals surface area contributed by atoms with Gasteiger partial charge in [-0.05, 0) is 25.1 Å². The van der Waals surface area contributed by atoms with Crippen molar-refractivity contribution in [2.75, 3.05) is 18.5 Å². The lowest BCUT2D eigenvalue weighted by Gasteiger charge is -2.14. The van der Waals surface area contributed by atoms with Crippen molar-refractivity contribution in [2.24, 2.45) is 12.8 Å². The number of aromatic nitrogens is 3. The third kappa shape index (κ3) is 4.38. The van der Waals surface area contributed by atoms with Crippen LogP contribution in [0.1, 0.15) is 5.69 Å². The van der Waals surface area contributed by atoms with E-state index in [0.29, 0.717) is 51.6 Å². The van der Waals surface area contributed by atoms with Crippen LogP contribution in [-0.4, -0.2) is 34.0 Å². The molecule has 0 aliphatic heterocycles. The summed E-state index contributed by atoms with van der Waals surface area (Å²) in [7, 11) is 1.77. The molecule has 0 saturated heterocycles. The van der Waals surface area contributed by atoms with Crippen molar-refractivity contribution >= 4 is 34.7 Å². The molecule has 1 amide bonds. The first-order chi connectivity index (χ1) is 13.0. The number of nitrogens with one attached hydrogen (secondary N) is 1. The Morgan fingerprint density at radius 3 is 2.89 bits per heavy atom. The molecule has 142 valence electrons. The third-order valence-corrected chi connectivity index (χ3v) is 4.72. The minimum atomic E-state index is -0.611. The van der Waals surface area contributed by atoms with Gasteiger partial charge in [-0.1, -0.05) is 22.9 Å². The lowest BCUT2D eigenvalue weighted by atomic mass is 10.1. The lowest BCUT2D eigenvalue weighted by Crippen LogP contribution is -2.17. The van der Waals surface area contributed by atoms with E-state index in [4.69, 9.17) is 26.8 Å². The Bertz CT molecular complexity index is 936. The van der Waals surface area contributed by atoms with E-state index in [9.17, 15) is 4.79 Å². The van der Waals surface area contributed by atoms with E-state index >= 15 is 0 Å². The van der Waals surface area contributed by atoms with Gasteiger partial charge >= 0.3 is 6.09 Å². The van der Waals surface area contributed by atoms with Crippen LogP contribution in [0.25, 0.3) is 11.3 Å². The number of halogens is 1. The highest BCUT2D eigenvalue weighted by Gasteiger charge is 2.17. The molecule has 2 aromatic heterocycles. The summed E-state index contributed by atoms with van der Waals surface area (Å²) >= 11 is 7.52. The topological polar surface area (TPSA) is 104 Å². The maximum absolute atomic E-state index is 12.2. The van der Waals surface area contributed by atoms with Crippen molar-refractivity contribution in [3.63, 3.8) is 0 Å². The minimum Gasteiger partial charge on any atom is -0.492 e. The molecule has 3 N–H and O–H groups in total. The highest BCUT2D eigenvalue weighted by Crippen LogP contribution is 2.36. The molecule has 0 unspecified atom stereocenters. The second kappa shape index (κ2) is 8.38. The van der Waals surface area contributed by atoms with Crippen LogP contribution >= 0.6 is 22.9 Å². The maximum atomic E-state index is 12.2. The summed E-state index contributed by atoms with van der Waals surface area (Å²) in [6, 6.07) is 5.19. The molecular weight excluding hydrogens is 390 g/mol. The molecule has 2 heterocycles. The number of hydrogen-bond donors (Lipinski definition) is 2. The fourth-order valence-corrected chi connectivity index (χ4v) is 3.34. The van der Waals surface area contributed by atoms with Crippen LogP contribution in [0.15, 0.2) is 29.9 Å². The van der Waals surface area contributed by atoms with Crippen molar-refractivity contribution in [1.29, 1.82) is 0 Å². The van der Waals surface area contributed by atoms with Gasteiger partial charge in [-0.25, -0.2) is 9.78 Å². The van der Waals surface area contributed by atoms with E-state index in [1.807, 2.05) is 0 Å². The van der Waals surface area contributed by atoms with Crippen molar-refractivity contribution in [3.05, 3.63) is 40.6 Å². The van der Waals surface area contributed by atoms with Gasteiger partial charge < -0.3 is 15.2 Å². The van der Waals surface area contributed by atoms with Crippen molar-refractivity contribution in [3.8, 4) is 22.1 Å². The number of carbonyl (C=O) groups excluding carboxylic acids is 1. The Hall–Kier alpha value is -2.62. The molecule has 0 radical (unpaired) electrons. The van der Waals surface area contributed by atoms with Gasteiger partial charge in [-0.3, -0.25) is 10.00 Å². The van der Waals surface area contributed by atoms with Crippen LogP contribution in [0.4, 0.5) is 10.5 Å². The summed E-state index contributed by atoms with van der Waals surface area (Å²) in [6.45, 7) is 2.49. The van der Waals surface area contributed by atoms with E-state index in [0.717, 1.165) is 0 Å². The second-order valence-corrected chi connectivity index (χ2v) is 6.78. The van der Waals surface area contributed by atoms with Gasteiger partial charge in [-0.15, -0.1) is 0 Å². The summed E-state index contributed by atoms with van der Waals surface area (Å²) < 4.78 is 12.6. The zero-order valence-corrected chi connectivity index (χ0v) is 16.3. The van der Waals surface area contributed by atoms with E-state index < -0.39 is 6.09 Å². The Labute approximate surface area is 164 Å². The number of thiazole rings is 1. The number of amides is 1. The predicted molar refractivity (Wildman–Crippen MR) is 105 cm³/mol. The number of nitrogens with two attached hydrogens (primary N) is 1. The normalized spacial score (nSPS) is 10.7. The average Bonchev–Trinajstić information content (AvgIpc) is 3.19. The first kappa shape index (κ1) is 19.2. The number of anilines is 1. The summed E-state index contributed by atoms with van der Waals surface area (Å²) in [5, 5.41) is 7.76. The molecule has 0 saturated carbocycles. The standard InChI is InChI=1S/C17H18ClN5O3S/c1-10-16(27-9-20-10)26-17(24)22-11-3-4-14(25-6-5-19)12(7-11)15-13(18)8-21-23(15)2/h3-4,7-9H,5-6,19H2,1-2H3,(H,22,24). The number of ether oxygens (including phenoxy) is 2. The fourth-order valence-electron chi connectivity index (χ4n) is 2.42. The van der Waals surface area contributed by atoms with E-state index in [-0.39, 0.29) is 0 Å². The number of benzene rings is 1. The second-order valence-electron chi connectivity index (χ2n) is 5.55. The van der Waals surface area contributed by atoms with Crippen molar-refractivity contribution in [1.82, 2.24) is 14.8 Å². The minimum absolute atomic E-state index is 0.349. The zero-order chi connectivity index (χ0) is 19.4. The number of rotatable bonds is 6. The monoisotopic (exact) mass is 407 g/mol. The molecule has 1 aromatic carbocycles. The lowest BCUT2D eigenvalue weighted by molar-refractivity contribution is 0.216. The zero-order valence-electron chi connectivity index (χ0n) is 14.7. The summed E-state index contributed by atoms with van der Waals surface area (Å²) in [5.74, 6) is 0.586. The van der Waals surface area contributed by atoms with Gasteiger partial charge in [0.2, 0.25) is 5.06 Å². The Kier molecular flexibility index (Phi) is 5.94. The van der Waals surface area contributed by atoms with Crippen LogP contribution < -0.4 is 20.5 Å². The molecule has 0 atom stereocenters. The quantitative estimate of drug-likeness (QED) is 0.648. The first-order valence-corrected chi connectivity index (χ1v) is 9.29. The Morgan fingerprint density at radius 1 is 1.44 bits per heavy atom. The number of aryl methyl sites for hydroxylation is 2. The van der Waals surface area contributed by atoms with Crippen LogP contribution in [0.2, 0.25) is 5.02 Å². The molecule has 27 heavy (non-hydrogen) atoms. The van der Waals surface area contributed by atoms with E-state index in [1.54, 1.807) is 48.6 Å². The van der Waals surface area contributed by atoms with Gasteiger partial charge in [0, 0.05) is 24.8 Å². The molecule has 0 aliphatic rings. The van der Waals surface area contributed by atoms with Crippen molar-refractivity contribution < 1.29 is 14.3 Å². The van der Waals surface area contributed by atoms with Crippen LogP contribution in [-0.2, 0) is 7.05 Å². The van der Waals surface area contributed by atoms with Gasteiger partial charge in [0.15, 0.2) is 0 Å². The molecule has 10 heteroatoms. The van der Waals surface area contributed by atoms with Gasteiger partial charge in [-0.2, -0.15) is 5.10 Å². The average molecular weight is 408 g/mol. The fraction of sp³-hybridized carbons (Fsp3) is 0.235. The summed E-state index contributed by atoms with van der Waals surface area (Å²) in [5.41, 5.74) is 9.67. The third-order valence-electron chi connectivity index (χ3n) is 3.64. The molecule has 0 spiro atoms. The molecular formula is C17H18ClN5O3S. The van der Waals surface area contributed by atoms with Gasteiger partial charge in [0.05, 0.1) is 28.1 Å². The molecule has 3 aromatic rings. The molecule has 8 nitrogen and oxygen atoms in total. The molecule has 0 bridgehead atoms. The van der Waals surface area contributed by atoms with E-state index in [2.05, 4.69) is 15.4 Å². The Morgan fingerprint density at radius 2 is 2.26 bits per heavy atom. The van der Waals surface area contributed by atoms with E-state index in [1.165, 1.54) is 11.3 Å². The maximum Gasteiger partial charge on any atom is 0.417 e. The number of hydrogen-bond acceptors (Lipinski definition) is 7. The smallest absolute Gasteiger partial charge is 0.417 e. The largest absolute Gasteiger partial charge is 0.492 e. The number of carbonyl (C=O) groups is 1. The molecule has 0 aliphatic carbocycles. The van der Waals surface area contributed by atoms with Gasteiger partial charge in [0.25, 0.3) is 0 Å².